The van der Waals surface area contributed by atoms with E-state index in [0.29, 0.717) is 10.3 Å². The van der Waals surface area contributed by atoms with Gasteiger partial charge >= 0.3 is 6.18 Å². The van der Waals surface area contributed by atoms with E-state index in [0.717, 1.165) is 23.5 Å². The Labute approximate surface area is 150 Å². The molecule has 0 saturated heterocycles. The molecule has 0 spiro atoms. The van der Waals surface area contributed by atoms with Gasteiger partial charge in [0.25, 0.3) is 5.91 Å². The van der Waals surface area contributed by atoms with Crippen molar-refractivity contribution in [3.05, 3.63) is 64.3 Å². The lowest BCUT2D eigenvalue weighted by molar-refractivity contribution is -0.137. The zero-order valence-corrected chi connectivity index (χ0v) is 14.3. The molecule has 0 unspecified atom stereocenters. The number of amides is 1. The van der Waals surface area contributed by atoms with Crippen molar-refractivity contribution in [2.75, 3.05) is 7.11 Å². The van der Waals surface area contributed by atoms with Crippen molar-refractivity contribution in [3.8, 4) is 5.75 Å². The number of hydrogen-bond donors (Lipinski definition) is 1. The highest BCUT2D eigenvalue weighted by molar-refractivity contribution is 7.21. The van der Waals surface area contributed by atoms with Crippen LogP contribution in [0, 0.1) is 5.82 Å². The van der Waals surface area contributed by atoms with Crippen LogP contribution >= 0.6 is 11.3 Å². The summed E-state index contributed by atoms with van der Waals surface area (Å²) >= 11 is 1.09. The summed E-state index contributed by atoms with van der Waals surface area (Å²) < 4.78 is 57.4. The van der Waals surface area contributed by atoms with E-state index in [-0.39, 0.29) is 22.6 Å². The van der Waals surface area contributed by atoms with Crippen LogP contribution in [0.2, 0.25) is 0 Å². The van der Waals surface area contributed by atoms with Crippen LogP contribution in [0.1, 0.15) is 20.8 Å². The molecular weight excluding hydrogens is 370 g/mol. The minimum absolute atomic E-state index is 0.0385. The fourth-order valence-corrected chi connectivity index (χ4v) is 3.60. The topological polar surface area (TPSA) is 38.3 Å². The summed E-state index contributed by atoms with van der Waals surface area (Å²) in [6.45, 7) is 0.0385. The molecule has 26 heavy (non-hydrogen) atoms. The van der Waals surface area contributed by atoms with Crippen LogP contribution in [-0.4, -0.2) is 13.0 Å². The number of methoxy groups -OCH3 is 1. The van der Waals surface area contributed by atoms with Crippen LogP contribution in [0.5, 0.6) is 5.75 Å². The molecule has 0 bridgehead atoms. The van der Waals surface area contributed by atoms with Gasteiger partial charge in [-0.2, -0.15) is 13.2 Å². The van der Waals surface area contributed by atoms with Crippen molar-refractivity contribution in [1.29, 1.82) is 0 Å². The molecule has 8 heteroatoms. The van der Waals surface area contributed by atoms with Crippen molar-refractivity contribution >= 4 is 27.3 Å². The molecule has 0 atom stereocenters. The molecule has 0 aliphatic heterocycles. The second-order valence-electron chi connectivity index (χ2n) is 5.45. The van der Waals surface area contributed by atoms with E-state index in [9.17, 15) is 22.4 Å². The molecule has 1 amide bonds. The number of hydrogen-bond acceptors (Lipinski definition) is 3. The van der Waals surface area contributed by atoms with Gasteiger partial charge in [-0.3, -0.25) is 4.79 Å². The third kappa shape index (κ3) is 3.50. The largest absolute Gasteiger partial charge is 0.494 e. The van der Waals surface area contributed by atoms with Gasteiger partial charge in [0.1, 0.15) is 10.7 Å². The van der Waals surface area contributed by atoms with Crippen LogP contribution in [-0.2, 0) is 12.7 Å². The lowest BCUT2D eigenvalue weighted by atomic mass is 10.1. The Morgan fingerprint density at radius 1 is 1.15 bits per heavy atom. The fourth-order valence-electron chi connectivity index (χ4n) is 2.50. The van der Waals surface area contributed by atoms with E-state index in [1.165, 1.54) is 31.4 Å². The number of halogens is 4. The van der Waals surface area contributed by atoms with E-state index in [2.05, 4.69) is 5.32 Å². The van der Waals surface area contributed by atoms with Crippen LogP contribution in [0.15, 0.2) is 42.5 Å². The number of carbonyl (C=O) groups is 1. The highest BCUT2D eigenvalue weighted by Gasteiger charge is 2.30. The third-order valence-corrected chi connectivity index (χ3v) is 4.90. The summed E-state index contributed by atoms with van der Waals surface area (Å²) in [5.41, 5.74) is -0.244. The van der Waals surface area contributed by atoms with Gasteiger partial charge in [0.15, 0.2) is 5.75 Å². The summed E-state index contributed by atoms with van der Waals surface area (Å²) in [4.78, 5) is 12.6. The maximum atomic E-state index is 14.0. The minimum atomic E-state index is -4.41. The van der Waals surface area contributed by atoms with Crippen molar-refractivity contribution in [2.24, 2.45) is 0 Å². The van der Waals surface area contributed by atoms with Gasteiger partial charge in [-0.1, -0.05) is 18.2 Å². The fraction of sp³-hybridized carbons (Fsp3) is 0.167. The van der Waals surface area contributed by atoms with Crippen LogP contribution in [0.3, 0.4) is 0 Å². The molecular formula is C18H13F4NO2S. The summed E-state index contributed by atoms with van der Waals surface area (Å²) in [7, 11) is 1.35. The molecule has 3 aromatic rings. The van der Waals surface area contributed by atoms with Gasteiger partial charge < -0.3 is 10.1 Å². The molecule has 136 valence electrons. The molecule has 1 N–H and O–H groups in total. The summed E-state index contributed by atoms with van der Waals surface area (Å²) in [6, 6.07) is 9.00. The molecule has 0 fully saturated rings. The molecule has 3 rings (SSSR count). The first kappa shape index (κ1) is 18.2. The number of alkyl halides is 3. The average molecular weight is 383 g/mol. The van der Waals surface area contributed by atoms with Gasteiger partial charge in [0.05, 0.1) is 18.1 Å². The Balaban J connectivity index is 1.78. The number of benzene rings is 2. The van der Waals surface area contributed by atoms with Crippen molar-refractivity contribution in [3.63, 3.8) is 0 Å². The highest BCUT2D eigenvalue weighted by atomic mass is 32.1. The quantitative estimate of drug-likeness (QED) is 0.644. The van der Waals surface area contributed by atoms with Gasteiger partial charge in [0.2, 0.25) is 0 Å². The maximum absolute atomic E-state index is 14.0. The molecule has 2 aromatic carbocycles. The number of thiophene rings is 1. The Hall–Kier alpha value is -2.61. The smallest absolute Gasteiger partial charge is 0.416 e. The second-order valence-corrected chi connectivity index (χ2v) is 6.51. The standard InChI is InChI=1S/C18H13F4NO2S/c1-25-15-14-12(19)3-2-4-13(14)26-16(15)17(24)23-9-10-5-7-11(8-6-10)18(20,21)22/h2-8H,9H2,1H3,(H,23,24). The number of fused-ring (bicyclic) bond motifs is 1. The number of carbonyl (C=O) groups excluding carboxylic acids is 1. The summed E-state index contributed by atoms with van der Waals surface area (Å²) in [6.07, 6.45) is -4.41. The van der Waals surface area contributed by atoms with E-state index < -0.39 is 23.5 Å². The Morgan fingerprint density at radius 3 is 2.46 bits per heavy atom. The highest BCUT2D eigenvalue weighted by Crippen LogP contribution is 2.39. The minimum Gasteiger partial charge on any atom is -0.494 e. The molecule has 0 saturated carbocycles. The van der Waals surface area contributed by atoms with E-state index in [1.54, 1.807) is 6.07 Å². The molecule has 0 aliphatic rings. The Morgan fingerprint density at radius 2 is 1.85 bits per heavy atom. The lowest BCUT2D eigenvalue weighted by Crippen LogP contribution is -2.22. The molecule has 1 aromatic heterocycles. The van der Waals surface area contributed by atoms with E-state index in [1.807, 2.05) is 0 Å². The normalized spacial score (nSPS) is 11.6. The van der Waals surface area contributed by atoms with Gasteiger partial charge in [-0.25, -0.2) is 4.39 Å². The Bertz CT molecular complexity index is 948. The summed E-state index contributed by atoms with van der Waals surface area (Å²) in [5.74, 6) is -0.826. The lowest BCUT2D eigenvalue weighted by Gasteiger charge is -2.09. The van der Waals surface area contributed by atoms with E-state index >= 15 is 0 Å². The predicted octanol–water partition coefficient (Wildman–Crippen LogP) is 5.00. The zero-order valence-electron chi connectivity index (χ0n) is 13.5. The van der Waals surface area contributed by atoms with Crippen LogP contribution in [0.4, 0.5) is 17.6 Å². The maximum Gasteiger partial charge on any atom is 0.416 e. The van der Waals surface area contributed by atoms with Gasteiger partial charge in [0, 0.05) is 11.2 Å². The van der Waals surface area contributed by atoms with Crippen molar-refractivity contribution < 1.29 is 27.1 Å². The monoisotopic (exact) mass is 383 g/mol. The zero-order chi connectivity index (χ0) is 18.9. The number of ether oxygens (including phenoxy) is 1. The second kappa shape index (κ2) is 6.95. The third-order valence-electron chi connectivity index (χ3n) is 3.77. The van der Waals surface area contributed by atoms with Crippen molar-refractivity contribution in [2.45, 2.75) is 12.7 Å². The first-order chi connectivity index (χ1) is 12.3. The van der Waals surface area contributed by atoms with Crippen LogP contribution in [0.25, 0.3) is 10.1 Å². The van der Waals surface area contributed by atoms with E-state index in [4.69, 9.17) is 4.74 Å². The average Bonchev–Trinajstić information content (AvgIpc) is 2.99. The molecule has 1 heterocycles. The Kier molecular flexibility index (Phi) is 4.86. The first-order valence-corrected chi connectivity index (χ1v) is 8.32. The predicted molar refractivity (Wildman–Crippen MR) is 90.9 cm³/mol. The van der Waals surface area contributed by atoms with Crippen LogP contribution < -0.4 is 10.1 Å². The molecule has 3 nitrogen and oxygen atoms in total. The summed E-state index contributed by atoms with van der Waals surface area (Å²) in [5, 5.41) is 2.85. The van der Waals surface area contributed by atoms with Crippen molar-refractivity contribution in [1.82, 2.24) is 5.32 Å². The number of rotatable bonds is 4. The van der Waals surface area contributed by atoms with Gasteiger partial charge in [-0.15, -0.1) is 11.3 Å². The van der Waals surface area contributed by atoms with Gasteiger partial charge in [-0.05, 0) is 29.8 Å². The molecule has 0 aliphatic carbocycles. The SMILES string of the molecule is COc1c(C(=O)NCc2ccc(C(F)(F)F)cc2)sc2cccc(F)c12. The number of nitrogens with one attached hydrogen (secondary N) is 1. The first-order valence-electron chi connectivity index (χ1n) is 7.50. The molecule has 0 radical (unpaired) electrons.